The quantitative estimate of drug-likeness (QED) is 0.587. The number of hydrogen-bond acceptors (Lipinski definition) is 6. The van der Waals surface area contributed by atoms with Crippen molar-refractivity contribution in [2.75, 3.05) is 7.05 Å². The lowest BCUT2D eigenvalue weighted by Crippen LogP contribution is -2.33. The van der Waals surface area contributed by atoms with E-state index >= 15 is 0 Å². The number of nitrogens with one attached hydrogen (secondary N) is 1. The summed E-state index contributed by atoms with van der Waals surface area (Å²) < 4.78 is 6.97. The third-order valence-electron chi connectivity index (χ3n) is 4.04. The van der Waals surface area contributed by atoms with Gasteiger partial charge in [-0.15, -0.1) is 11.3 Å². The summed E-state index contributed by atoms with van der Waals surface area (Å²) in [5, 5.41) is 1.79. The van der Waals surface area contributed by atoms with E-state index in [2.05, 4.69) is 9.97 Å². The Labute approximate surface area is 150 Å². The number of nitrogens with zero attached hydrogens (tertiary/aromatic N) is 3. The van der Waals surface area contributed by atoms with Crippen molar-refractivity contribution >= 4 is 38.6 Å². The maximum atomic E-state index is 12.5. The fourth-order valence-electron chi connectivity index (χ4n) is 2.73. The maximum Gasteiger partial charge on any atom is 0.420 e. The van der Waals surface area contributed by atoms with Crippen molar-refractivity contribution in [1.82, 2.24) is 19.4 Å². The smallest absolute Gasteiger partial charge is 0.408 e. The van der Waals surface area contributed by atoms with E-state index in [1.807, 2.05) is 0 Å². The average molecular weight is 370 g/mol. The third-order valence-corrected chi connectivity index (χ3v) is 4.95. The molecule has 3 aromatic heterocycles. The molecule has 9 heteroatoms. The fourth-order valence-corrected chi connectivity index (χ4v) is 3.45. The van der Waals surface area contributed by atoms with Crippen LogP contribution in [-0.4, -0.2) is 32.4 Å². The number of fused-ring (bicyclic) bond motifs is 2. The summed E-state index contributed by atoms with van der Waals surface area (Å²) in [6.07, 6.45) is 0. The standard InChI is InChI=1S/C17H14N4O4S/c1-20(8-13-18-10-6-7-26-15(10)16(23)19-13)14(22)9-21-11-4-2-3-5-12(11)25-17(21)24/h2-7H,8-9H2,1H3,(H,18,19,23). The van der Waals surface area contributed by atoms with Gasteiger partial charge in [0.25, 0.3) is 5.56 Å². The first-order valence-corrected chi connectivity index (χ1v) is 8.69. The Morgan fingerprint density at radius 3 is 2.96 bits per heavy atom. The van der Waals surface area contributed by atoms with Gasteiger partial charge in [-0.2, -0.15) is 0 Å². The zero-order valence-corrected chi connectivity index (χ0v) is 14.6. The summed E-state index contributed by atoms with van der Waals surface area (Å²) in [5.74, 6) is -0.493. The van der Waals surface area contributed by atoms with Gasteiger partial charge < -0.3 is 14.3 Å². The normalized spacial score (nSPS) is 11.3. The Balaban J connectivity index is 1.56. The van der Waals surface area contributed by atoms with Crippen molar-refractivity contribution in [3.63, 3.8) is 0 Å². The zero-order valence-electron chi connectivity index (χ0n) is 13.8. The highest BCUT2D eigenvalue weighted by atomic mass is 32.1. The van der Waals surface area contributed by atoms with Crippen LogP contribution in [0.2, 0.25) is 0 Å². The lowest BCUT2D eigenvalue weighted by molar-refractivity contribution is -0.131. The van der Waals surface area contributed by atoms with Gasteiger partial charge in [0, 0.05) is 7.05 Å². The molecular weight excluding hydrogens is 356 g/mol. The molecule has 0 saturated heterocycles. The average Bonchev–Trinajstić information content (AvgIpc) is 3.20. The van der Waals surface area contributed by atoms with Crippen molar-refractivity contribution in [3.05, 3.63) is 62.4 Å². The lowest BCUT2D eigenvalue weighted by Gasteiger charge is -2.16. The van der Waals surface area contributed by atoms with E-state index < -0.39 is 5.76 Å². The number of H-pyrrole nitrogens is 1. The summed E-state index contributed by atoms with van der Waals surface area (Å²) in [6.45, 7) is -0.0261. The van der Waals surface area contributed by atoms with Crippen LogP contribution in [0.5, 0.6) is 0 Å². The Bertz CT molecular complexity index is 1230. The van der Waals surface area contributed by atoms with Crippen LogP contribution in [-0.2, 0) is 17.9 Å². The molecule has 0 aliphatic carbocycles. The number of likely N-dealkylation sites (N-methyl/N-ethyl adjacent to an activating group) is 1. The lowest BCUT2D eigenvalue weighted by atomic mass is 10.3. The number of para-hydroxylation sites is 2. The second-order valence-electron chi connectivity index (χ2n) is 5.82. The summed E-state index contributed by atoms with van der Waals surface area (Å²) in [6, 6.07) is 8.68. The number of aromatic nitrogens is 3. The molecule has 0 radical (unpaired) electrons. The van der Waals surface area contributed by atoms with Crippen molar-refractivity contribution in [2.24, 2.45) is 0 Å². The number of rotatable bonds is 4. The van der Waals surface area contributed by atoms with Crippen LogP contribution in [0.15, 0.2) is 49.7 Å². The van der Waals surface area contributed by atoms with E-state index in [0.29, 0.717) is 27.1 Å². The van der Waals surface area contributed by atoms with Crippen molar-refractivity contribution < 1.29 is 9.21 Å². The first-order chi connectivity index (χ1) is 12.5. The van der Waals surface area contributed by atoms with Gasteiger partial charge in [0.1, 0.15) is 17.1 Å². The predicted molar refractivity (Wildman–Crippen MR) is 97.2 cm³/mol. The number of carbonyl (C=O) groups excluding carboxylic acids is 1. The molecule has 0 aliphatic rings. The number of aromatic amines is 1. The fraction of sp³-hybridized carbons (Fsp3) is 0.176. The van der Waals surface area contributed by atoms with Gasteiger partial charge in [-0.25, -0.2) is 9.78 Å². The van der Waals surface area contributed by atoms with E-state index in [9.17, 15) is 14.4 Å². The van der Waals surface area contributed by atoms with E-state index in [0.717, 1.165) is 0 Å². The molecule has 4 aromatic rings. The summed E-state index contributed by atoms with van der Waals surface area (Å²) in [7, 11) is 1.59. The van der Waals surface area contributed by atoms with Crippen molar-refractivity contribution in [1.29, 1.82) is 0 Å². The highest BCUT2D eigenvalue weighted by Gasteiger charge is 2.16. The third kappa shape index (κ3) is 2.82. The minimum Gasteiger partial charge on any atom is -0.408 e. The van der Waals surface area contributed by atoms with Crippen LogP contribution < -0.4 is 11.3 Å². The number of oxazole rings is 1. The first-order valence-electron chi connectivity index (χ1n) is 7.81. The van der Waals surface area contributed by atoms with Gasteiger partial charge in [-0.1, -0.05) is 12.1 Å². The summed E-state index contributed by atoms with van der Waals surface area (Å²) in [4.78, 5) is 45.0. The van der Waals surface area contributed by atoms with Crippen LogP contribution in [0.3, 0.4) is 0 Å². The van der Waals surface area contributed by atoms with E-state index in [4.69, 9.17) is 4.42 Å². The Morgan fingerprint density at radius 2 is 2.12 bits per heavy atom. The molecule has 0 saturated carbocycles. The van der Waals surface area contributed by atoms with E-state index in [-0.39, 0.29) is 24.6 Å². The molecular formula is C17H14N4O4S. The number of thiophene rings is 1. The van der Waals surface area contributed by atoms with Crippen LogP contribution in [0, 0.1) is 0 Å². The van der Waals surface area contributed by atoms with Gasteiger partial charge in [0.2, 0.25) is 5.91 Å². The van der Waals surface area contributed by atoms with Crippen LogP contribution in [0.4, 0.5) is 0 Å². The number of hydrogen-bond donors (Lipinski definition) is 1. The molecule has 0 atom stereocenters. The predicted octanol–water partition coefficient (Wildman–Crippen LogP) is 1.55. The van der Waals surface area contributed by atoms with Gasteiger partial charge in [0.15, 0.2) is 5.58 Å². The van der Waals surface area contributed by atoms with Crippen LogP contribution in [0.1, 0.15) is 5.82 Å². The molecule has 0 unspecified atom stereocenters. The molecule has 1 aromatic carbocycles. The molecule has 1 amide bonds. The van der Waals surface area contributed by atoms with Crippen molar-refractivity contribution in [3.8, 4) is 0 Å². The minimum atomic E-state index is -0.584. The molecule has 0 bridgehead atoms. The highest BCUT2D eigenvalue weighted by Crippen LogP contribution is 2.14. The molecule has 26 heavy (non-hydrogen) atoms. The second kappa shape index (κ2) is 6.26. The summed E-state index contributed by atoms with van der Waals surface area (Å²) >= 11 is 1.32. The molecule has 8 nitrogen and oxygen atoms in total. The molecule has 0 aliphatic heterocycles. The molecule has 1 N–H and O–H groups in total. The highest BCUT2D eigenvalue weighted by molar-refractivity contribution is 7.17. The number of carbonyl (C=O) groups is 1. The Hall–Kier alpha value is -3.20. The number of amides is 1. The molecule has 132 valence electrons. The monoisotopic (exact) mass is 370 g/mol. The Kier molecular flexibility index (Phi) is 3.92. The summed E-state index contributed by atoms with van der Waals surface area (Å²) in [5.41, 5.74) is 1.37. The van der Waals surface area contributed by atoms with Crippen molar-refractivity contribution in [2.45, 2.75) is 13.1 Å². The number of benzene rings is 1. The Morgan fingerprint density at radius 1 is 1.31 bits per heavy atom. The van der Waals surface area contributed by atoms with E-state index in [1.165, 1.54) is 20.8 Å². The maximum absolute atomic E-state index is 12.5. The SMILES string of the molecule is CN(Cc1nc2ccsc2c(=O)[nH]1)C(=O)Cn1c(=O)oc2ccccc21. The molecule has 4 rings (SSSR count). The molecule has 3 heterocycles. The van der Waals surface area contributed by atoms with Gasteiger partial charge in [0.05, 0.1) is 17.6 Å². The van der Waals surface area contributed by atoms with Gasteiger partial charge in [-0.05, 0) is 23.6 Å². The largest absolute Gasteiger partial charge is 0.420 e. The second-order valence-corrected chi connectivity index (χ2v) is 6.74. The van der Waals surface area contributed by atoms with Gasteiger partial charge in [-0.3, -0.25) is 14.2 Å². The van der Waals surface area contributed by atoms with Gasteiger partial charge >= 0.3 is 5.76 Å². The topological polar surface area (TPSA) is 101 Å². The van der Waals surface area contributed by atoms with Crippen LogP contribution in [0.25, 0.3) is 21.3 Å². The first kappa shape index (κ1) is 16.3. The molecule has 0 fully saturated rings. The minimum absolute atomic E-state index is 0.129. The molecule has 0 spiro atoms. The van der Waals surface area contributed by atoms with E-state index in [1.54, 1.807) is 42.8 Å². The zero-order chi connectivity index (χ0) is 18.3. The van der Waals surface area contributed by atoms with Crippen LogP contribution >= 0.6 is 11.3 Å².